The zero-order valence-corrected chi connectivity index (χ0v) is 15.5. The SMILES string of the molecule is O=S1(=O)c2ccccc2[C@@H](O)[C@@H](Cc2cccs2)N1Cc1ccncc1. The lowest BCUT2D eigenvalue weighted by molar-refractivity contribution is 0.0773. The van der Waals surface area contributed by atoms with Crippen LogP contribution in [-0.4, -0.2) is 28.9 Å². The van der Waals surface area contributed by atoms with Gasteiger partial charge in [-0.2, -0.15) is 4.31 Å². The van der Waals surface area contributed by atoms with Crippen LogP contribution in [0.5, 0.6) is 0 Å². The van der Waals surface area contributed by atoms with Gasteiger partial charge in [0.1, 0.15) is 0 Å². The van der Waals surface area contributed by atoms with Gasteiger partial charge >= 0.3 is 0 Å². The maximum atomic E-state index is 13.3. The molecule has 0 amide bonds. The van der Waals surface area contributed by atoms with Crippen molar-refractivity contribution in [3.8, 4) is 0 Å². The number of sulfonamides is 1. The lowest BCUT2D eigenvalue weighted by atomic mass is 9.98. The molecule has 0 radical (unpaired) electrons. The summed E-state index contributed by atoms with van der Waals surface area (Å²) in [6.45, 7) is 0.201. The molecule has 1 aromatic carbocycles. The van der Waals surface area contributed by atoms with Crippen molar-refractivity contribution in [1.82, 2.24) is 9.29 Å². The summed E-state index contributed by atoms with van der Waals surface area (Å²) in [6, 6.07) is 13.7. The second kappa shape index (κ2) is 6.92. The third kappa shape index (κ3) is 3.07. The third-order valence-corrected chi connectivity index (χ3v) is 7.48. The average molecular weight is 386 g/mol. The number of aromatic nitrogens is 1. The van der Waals surface area contributed by atoms with E-state index in [9.17, 15) is 13.5 Å². The smallest absolute Gasteiger partial charge is 0.244 e. The van der Waals surface area contributed by atoms with Crippen molar-refractivity contribution in [2.45, 2.75) is 30.0 Å². The van der Waals surface area contributed by atoms with Crippen LogP contribution in [0.2, 0.25) is 0 Å². The summed E-state index contributed by atoms with van der Waals surface area (Å²) in [5, 5.41) is 12.9. The van der Waals surface area contributed by atoms with E-state index < -0.39 is 22.2 Å². The van der Waals surface area contributed by atoms with Crippen molar-refractivity contribution in [3.05, 3.63) is 82.3 Å². The molecule has 3 heterocycles. The quantitative estimate of drug-likeness (QED) is 0.748. The highest BCUT2D eigenvalue weighted by molar-refractivity contribution is 7.89. The van der Waals surface area contributed by atoms with Crippen LogP contribution in [0.1, 0.15) is 22.1 Å². The van der Waals surface area contributed by atoms with Gasteiger partial charge in [0, 0.05) is 35.8 Å². The van der Waals surface area contributed by atoms with Crippen LogP contribution in [0, 0.1) is 0 Å². The zero-order valence-electron chi connectivity index (χ0n) is 13.9. The van der Waals surface area contributed by atoms with E-state index in [-0.39, 0.29) is 11.4 Å². The van der Waals surface area contributed by atoms with E-state index in [0.717, 1.165) is 10.4 Å². The van der Waals surface area contributed by atoms with Gasteiger partial charge in [0.15, 0.2) is 0 Å². The molecular weight excluding hydrogens is 368 g/mol. The summed E-state index contributed by atoms with van der Waals surface area (Å²) in [7, 11) is -3.71. The molecule has 0 bridgehead atoms. The van der Waals surface area contributed by atoms with Crippen LogP contribution < -0.4 is 0 Å². The van der Waals surface area contributed by atoms with Gasteiger partial charge in [-0.3, -0.25) is 4.98 Å². The first-order valence-corrected chi connectivity index (χ1v) is 10.6. The molecule has 0 fully saturated rings. The van der Waals surface area contributed by atoms with Gasteiger partial charge in [-0.25, -0.2) is 8.42 Å². The van der Waals surface area contributed by atoms with Crippen molar-refractivity contribution in [2.75, 3.05) is 0 Å². The zero-order chi connectivity index (χ0) is 18.1. The molecule has 26 heavy (non-hydrogen) atoms. The number of fused-ring (bicyclic) bond motifs is 1. The number of aliphatic hydroxyl groups is 1. The van der Waals surface area contributed by atoms with E-state index in [4.69, 9.17) is 0 Å². The van der Waals surface area contributed by atoms with E-state index in [0.29, 0.717) is 12.0 Å². The van der Waals surface area contributed by atoms with Crippen LogP contribution >= 0.6 is 11.3 Å². The van der Waals surface area contributed by atoms with Crippen LogP contribution in [-0.2, 0) is 23.0 Å². The molecule has 5 nitrogen and oxygen atoms in total. The molecule has 7 heteroatoms. The van der Waals surface area contributed by atoms with Gasteiger partial charge in [-0.05, 0) is 35.2 Å². The number of hydrogen-bond acceptors (Lipinski definition) is 5. The Kier molecular flexibility index (Phi) is 4.62. The Morgan fingerprint density at radius 1 is 1.08 bits per heavy atom. The minimum atomic E-state index is -3.71. The Labute approximate surface area is 156 Å². The maximum Gasteiger partial charge on any atom is 0.244 e. The molecule has 0 spiro atoms. The summed E-state index contributed by atoms with van der Waals surface area (Å²) < 4.78 is 28.0. The lowest BCUT2D eigenvalue weighted by Gasteiger charge is -2.39. The van der Waals surface area contributed by atoms with Crippen molar-refractivity contribution >= 4 is 21.4 Å². The van der Waals surface area contributed by atoms with Crippen molar-refractivity contribution in [2.24, 2.45) is 0 Å². The molecular formula is C19H18N2O3S2. The fraction of sp³-hybridized carbons (Fsp3) is 0.211. The monoisotopic (exact) mass is 386 g/mol. The lowest BCUT2D eigenvalue weighted by Crippen LogP contribution is -2.48. The van der Waals surface area contributed by atoms with Crippen LogP contribution in [0.25, 0.3) is 0 Å². The summed E-state index contributed by atoms with van der Waals surface area (Å²) in [6.07, 6.45) is 2.88. The minimum absolute atomic E-state index is 0.184. The van der Waals surface area contributed by atoms with Crippen LogP contribution in [0.15, 0.2) is 71.2 Å². The summed E-state index contributed by atoms with van der Waals surface area (Å²) in [5.74, 6) is 0. The van der Waals surface area contributed by atoms with Gasteiger partial charge in [0.2, 0.25) is 10.0 Å². The number of benzene rings is 1. The topological polar surface area (TPSA) is 70.5 Å². The number of pyridine rings is 1. The normalized spacial score (nSPS) is 22.0. The molecule has 1 N–H and O–H groups in total. The predicted molar refractivity (Wildman–Crippen MR) is 100 cm³/mol. The Bertz CT molecular complexity index is 989. The molecule has 0 saturated heterocycles. The van der Waals surface area contributed by atoms with Gasteiger partial charge in [0.05, 0.1) is 17.0 Å². The largest absolute Gasteiger partial charge is 0.387 e. The maximum absolute atomic E-state index is 13.3. The first-order valence-electron chi connectivity index (χ1n) is 8.27. The Morgan fingerprint density at radius 3 is 2.58 bits per heavy atom. The molecule has 2 atom stereocenters. The number of rotatable bonds is 4. The Balaban J connectivity index is 1.80. The second-order valence-electron chi connectivity index (χ2n) is 6.24. The molecule has 0 unspecified atom stereocenters. The molecule has 2 aromatic heterocycles. The molecule has 0 aliphatic carbocycles. The van der Waals surface area contributed by atoms with E-state index >= 15 is 0 Å². The summed E-state index contributed by atoms with van der Waals surface area (Å²) in [4.78, 5) is 5.22. The third-order valence-electron chi connectivity index (χ3n) is 4.64. The van der Waals surface area contributed by atoms with Crippen LogP contribution in [0.4, 0.5) is 0 Å². The van der Waals surface area contributed by atoms with Gasteiger partial charge in [-0.15, -0.1) is 11.3 Å². The van der Waals surface area contributed by atoms with Crippen LogP contribution in [0.3, 0.4) is 0 Å². The van der Waals surface area contributed by atoms with Gasteiger partial charge in [0.25, 0.3) is 0 Å². The fourth-order valence-electron chi connectivity index (χ4n) is 3.35. The predicted octanol–water partition coefficient (Wildman–Crippen LogP) is 2.99. The fourth-order valence-corrected chi connectivity index (χ4v) is 5.96. The number of nitrogens with zero attached hydrogens (tertiary/aromatic N) is 2. The standard InChI is InChI=1S/C19H18N2O3S2/c22-19-16-5-1-2-6-18(16)26(23,24)21(13-14-7-9-20-10-8-14)17(19)12-15-4-3-11-25-15/h1-11,17,19,22H,12-13H2/t17-,19-/m1/s1. The van der Waals surface area contributed by atoms with E-state index in [2.05, 4.69) is 4.98 Å². The molecule has 1 aliphatic rings. The van der Waals surface area contributed by atoms with Gasteiger partial charge in [-0.1, -0.05) is 24.3 Å². The average Bonchev–Trinajstić information content (AvgIpc) is 3.17. The molecule has 134 valence electrons. The van der Waals surface area contributed by atoms with E-state index in [1.54, 1.807) is 60.1 Å². The molecule has 3 aromatic rings. The minimum Gasteiger partial charge on any atom is -0.387 e. The highest BCUT2D eigenvalue weighted by Crippen LogP contribution is 2.39. The van der Waals surface area contributed by atoms with E-state index in [1.807, 2.05) is 17.5 Å². The highest BCUT2D eigenvalue weighted by Gasteiger charge is 2.43. The molecule has 0 saturated carbocycles. The number of thiophene rings is 1. The Morgan fingerprint density at radius 2 is 1.85 bits per heavy atom. The van der Waals surface area contributed by atoms with Crippen molar-refractivity contribution < 1.29 is 13.5 Å². The van der Waals surface area contributed by atoms with Crippen molar-refractivity contribution in [1.29, 1.82) is 0 Å². The van der Waals surface area contributed by atoms with E-state index in [1.165, 1.54) is 4.31 Å². The second-order valence-corrected chi connectivity index (χ2v) is 9.13. The highest BCUT2D eigenvalue weighted by atomic mass is 32.2. The Hall–Kier alpha value is -2.06. The van der Waals surface area contributed by atoms with Crippen molar-refractivity contribution in [3.63, 3.8) is 0 Å². The summed E-state index contributed by atoms with van der Waals surface area (Å²) >= 11 is 1.57. The van der Waals surface area contributed by atoms with Gasteiger partial charge < -0.3 is 5.11 Å². The summed E-state index contributed by atoms with van der Waals surface area (Å²) in [5.41, 5.74) is 1.31. The molecule has 4 rings (SSSR count). The number of aliphatic hydroxyl groups excluding tert-OH is 1. The first-order chi connectivity index (χ1) is 12.6. The molecule has 1 aliphatic heterocycles. The first kappa shape index (κ1) is 17.4. The number of hydrogen-bond donors (Lipinski definition) is 1.